The van der Waals surface area contributed by atoms with Crippen LogP contribution in [-0.2, 0) is 6.42 Å². The summed E-state index contributed by atoms with van der Waals surface area (Å²) in [4.78, 5) is 0. The van der Waals surface area contributed by atoms with Crippen molar-refractivity contribution < 1.29 is 4.39 Å². The largest absolute Gasteiger partial charge is 0.314 e. The molecule has 0 aliphatic carbocycles. The van der Waals surface area contributed by atoms with E-state index >= 15 is 0 Å². The molecule has 0 bridgehead atoms. The summed E-state index contributed by atoms with van der Waals surface area (Å²) in [5, 5.41) is 3.14. The second kappa shape index (κ2) is 4.31. The van der Waals surface area contributed by atoms with Gasteiger partial charge in [0, 0.05) is 13.0 Å². The first-order valence-electron chi connectivity index (χ1n) is 5.64. The van der Waals surface area contributed by atoms with E-state index in [1.165, 1.54) is 5.56 Å². The van der Waals surface area contributed by atoms with Crippen molar-refractivity contribution in [2.24, 2.45) is 0 Å². The summed E-state index contributed by atoms with van der Waals surface area (Å²) in [5.74, 6) is 0. The van der Waals surface area contributed by atoms with E-state index in [2.05, 4.69) is 18.3 Å². The minimum absolute atomic E-state index is 0.501. The monoisotopic (exact) mass is 207 g/mol. The van der Waals surface area contributed by atoms with E-state index in [9.17, 15) is 4.39 Å². The van der Waals surface area contributed by atoms with Crippen LogP contribution in [0.5, 0.6) is 0 Å². The summed E-state index contributed by atoms with van der Waals surface area (Å²) in [6.07, 6.45) is 2.18. The summed E-state index contributed by atoms with van der Waals surface area (Å²) in [7, 11) is 0. The van der Waals surface area contributed by atoms with E-state index in [0.717, 1.165) is 18.5 Å². The third kappa shape index (κ3) is 2.57. The van der Waals surface area contributed by atoms with Crippen molar-refractivity contribution in [2.45, 2.75) is 31.9 Å². The van der Waals surface area contributed by atoms with E-state index < -0.39 is 5.67 Å². The average Bonchev–Trinajstić information content (AvgIpc) is 2.22. The third-order valence-electron chi connectivity index (χ3n) is 3.19. The second-order valence-electron chi connectivity index (χ2n) is 4.53. The van der Waals surface area contributed by atoms with Gasteiger partial charge in [0.05, 0.1) is 0 Å². The number of nitrogens with one attached hydrogen (secondary N) is 1. The standard InChI is InChI=1S/C13H18FN/c1-11-5-2-3-6-12(11)9-13(14)7-4-8-15-10-13/h2-3,5-6,15H,4,7-10H2,1H3. The molecule has 1 saturated heterocycles. The van der Waals surface area contributed by atoms with Gasteiger partial charge in [-0.05, 0) is 37.4 Å². The number of aryl methyl sites for hydroxylation is 1. The van der Waals surface area contributed by atoms with Gasteiger partial charge in [-0.25, -0.2) is 4.39 Å². The normalized spacial score (nSPS) is 26.5. The lowest BCUT2D eigenvalue weighted by molar-refractivity contribution is 0.122. The van der Waals surface area contributed by atoms with E-state index in [1.54, 1.807) is 0 Å². The maximum atomic E-state index is 14.4. The van der Waals surface area contributed by atoms with Crippen LogP contribution in [0.15, 0.2) is 24.3 Å². The Morgan fingerprint density at radius 2 is 2.20 bits per heavy atom. The van der Waals surface area contributed by atoms with E-state index in [-0.39, 0.29) is 0 Å². The molecule has 2 heteroatoms. The van der Waals surface area contributed by atoms with Crippen molar-refractivity contribution in [1.82, 2.24) is 5.32 Å². The van der Waals surface area contributed by atoms with E-state index in [0.29, 0.717) is 19.4 Å². The molecule has 1 aromatic carbocycles. The quantitative estimate of drug-likeness (QED) is 0.786. The van der Waals surface area contributed by atoms with Crippen molar-refractivity contribution in [3.05, 3.63) is 35.4 Å². The molecule has 0 aromatic heterocycles. The fourth-order valence-electron chi connectivity index (χ4n) is 2.23. The van der Waals surface area contributed by atoms with Gasteiger partial charge in [-0.3, -0.25) is 0 Å². The van der Waals surface area contributed by atoms with E-state index in [1.807, 2.05) is 18.2 Å². The number of hydrogen-bond donors (Lipinski definition) is 1. The molecule has 1 aliphatic heterocycles. The minimum atomic E-state index is -1.04. The molecule has 1 aliphatic rings. The maximum absolute atomic E-state index is 14.4. The molecule has 1 heterocycles. The first kappa shape index (κ1) is 10.6. The Morgan fingerprint density at radius 3 is 2.87 bits per heavy atom. The smallest absolute Gasteiger partial charge is 0.127 e. The highest BCUT2D eigenvalue weighted by Crippen LogP contribution is 2.26. The van der Waals surface area contributed by atoms with Gasteiger partial charge in [0.25, 0.3) is 0 Å². The van der Waals surface area contributed by atoms with Crippen LogP contribution in [0.1, 0.15) is 24.0 Å². The molecule has 1 aromatic rings. The Bertz CT molecular complexity index is 329. The van der Waals surface area contributed by atoms with Crippen LogP contribution in [0.3, 0.4) is 0 Å². The highest BCUT2D eigenvalue weighted by molar-refractivity contribution is 5.27. The van der Waals surface area contributed by atoms with Crippen molar-refractivity contribution in [2.75, 3.05) is 13.1 Å². The minimum Gasteiger partial charge on any atom is -0.314 e. The zero-order chi connectivity index (χ0) is 10.7. The predicted molar refractivity (Wildman–Crippen MR) is 60.8 cm³/mol. The lowest BCUT2D eigenvalue weighted by atomic mass is 9.88. The molecule has 15 heavy (non-hydrogen) atoms. The van der Waals surface area contributed by atoms with Gasteiger partial charge < -0.3 is 5.32 Å². The van der Waals surface area contributed by atoms with Gasteiger partial charge in [0.15, 0.2) is 0 Å². The van der Waals surface area contributed by atoms with Crippen LogP contribution >= 0.6 is 0 Å². The Labute approximate surface area is 90.7 Å². The topological polar surface area (TPSA) is 12.0 Å². The van der Waals surface area contributed by atoms with Crippen LogP contribution in [0.4, 0.5) is 4.39 Å². The molecule has 82 valence electrons. The van der Waals surface area contributed by atoms with E-state index in [4.69, 9.17) is 0 Å². The number of hydrogen-bond acceptors (Lipinski definition) is 1. The van der Waals surface area contributed by atoms with Crippen LogP contribution in [0, 0.1) is 6.92 Å². The summed E-state index contributed by atoms with van der Waals surface area (Å²) in [6.45, 7) is 3.51. The summed E-state index contributed by atoms with van der Waals surface area (Å²) in [5.41, 5.74) is 1.30. The molecular weight excluding hydrogens is 189 g/mol. The van der Waals surface area contributed by atoms with Gasteiger partial charge in [-0.2, -0.15) is 0 Å². The Morgan fingerprint density at radius 1 is 1.40 bits per heavy atom. The summed E-state index contributed by atoms with van der Waals surface area (Å²) >= 11 is 0. The number of piperidine rings is 1. The fraction of sp³-hybridized carbons (Fsp3) is 0.538. The van der Waals surface area contributed by atoms with Crippen molar-refractivity contribution in [3.8, 4) is 0 Å². The summed E-state index contributed by atoms with van der Waals surface area (Å²) < 4.78 is 14.4. The molecule has 1 fully saturated rings. The van der Waals surface area contributed by atoms with Crippen LogP contribution in [0.25, 0.3) is 0 Å². The number of halogens is 1. The molecule has 1 atom stereocenters. The first-order chi connectivity index (χ1) is 7.20. The maximum Gasteiger partial charge on any atom is 0.127 e. The number of benzene rings is 1. The van der Waals surface area contributed by atoms with Crippen molar-refractivity contribution >= 4 is 0 Å². The average molecular weight is 207 g/mol. The highest BCUT2D eigenvalue weighted by atomic mass is 19.1. The fourth-order valence-corrected chi connectivity index (χ4v) is 2.23. The molecule has 0 radical (unpaired) electrons. The Hall–Kier alpha value is -0.890. The molecule has 1 nitrogen and oxygen atoms in total. The molecule has 1 unspecified atom stereocenters. The Kier molecular flexibility index (Phi) is 3.06. The highest BCUT2D eigenvalue weighted by Gasteiger charge is 2.31. The number of alkyl halides is 1. The van der Waals surface area contributed by atoms with Gasteiger partial charge >= 0.3 is 0 Å². The molecule has 0 amide bonds. The lowest BCUT2D eigenvalue weighted by Crippen LogP contribution is -2.43. The first-order valence-corrected chi connectivity index (χ1v) is 5.64. The zero-order valence-corrected chi connectivity index (χ0v) is 9.22. The molecular formula is C13H18FN. The zero-order valence-electron chi connectivity index (χ0n) is 9.22. The number of rotatable bonds is 2. The molecule has 2 rings (SSSR count). The summed E-state index contributed by atoms with van der Waals surface area (Å²) in [6, 6.07) is 8.07. The van der Waals surface area contributed by atoms with Crippen LogP contribution in [-0.4, -0.2) is 18.8 Å². The Balaban J connectivity index is 2.10. The SMILES string of the molecule is Cc1ccccc1CC1(F)CCCNC1. The molecule has 1 N–H and O–H groups in total. The lowest BCUT2D eigenvalue weighted by Gasteiger charge is -2.30. The van der Waals surface area contributed by atoms with Gasteiger partial charge in [-0.1, -0.05) is 24.3 Å². The second-order valence-corrected chi connectivity index (χ2v) is 4.53. The molecule has 0 saturated carbocycles. The van der Waals surface area contributed by atoms with Crippen LogP contribution < -0.4 is 5.32 Å². The van der Waals surface area contributed by atoms with Crippen molar-refractivity contribution in [1.29, 1.82) is 0 Å². The molecule has 0 spiro atoms. The third-order valence-corrected chi connectivity index (χ3v) is 3.19. The predicted octanol–water partition coefficient (Wildman–Crippen LogP) is 2.63. The van der Waals surface area contributed by atoms with Gasteiger partial charge in [0.2, 0.25) is 0 Å². The van der Waals surface area contributed by atoms with Crippen LogP contribution in [0.2, 0.25) is 0 Å². The van der Waals surface area contributed by atoms with Gasteiger partial charge in [-0.15, -0.1) is 0 Å². The van der Waals surface area contributed by atoms with Crippen molar-refractivity contribution in [3.63, 3.8) is 0 Å². The van der Waals surface area contributed by atoms with Gasteiger partial charge in [0.1, 0.15) is 5.67 Å².